The molecule has 7 heteroatoms. The lowest BCUT2D eigenvalue weighted by atomic mass is 9.87. The van der Waals surface area contributed by atoms with E-state index in [2.05, 4.69) is 31.9 Å². The van der Waals surface area contributed by atoms with Crippen molar-refractivity contribution in [1.82, 2.24) is 15.1 Å². The number of hydrogen-bond acceptors (Lipinski definition) is 4. The molecule has 2 aliphatic heterocycles. The first kappa shape index (κ1) is 20.6. The summed E-state index contributed by atoms with van der Waals surface area (Å²) in [4.78, 5) is 9.52. The van der Waals surface area contributed by atoms with Crippen molar-refractivity contribution in [3.05, 3.63) is 0 Å². The molecule has 5 nitrogen and oxygen atoms in total. The van der Waals surface area contributed by atoms with Gasteiger partial charge in [0, 0.05) is 56.8 Å². The minimum Gasteiger partial charge on any atom is -0.379 e. The third-order valence-electron chi connectivity index (χ3n) is 5.34. The Morgan fingerprint density at radius 1 is 1.17 bits per heavy atom. The second-order valence-corrected chi connectivity index (χ2v) is 8.50. The number of guanidine groups is 1. The van der Waals surface area contributed by atoms with E-state index in [1.54, 1.807) is 0 Å². The molecule has 0 aromatic rings. The first-order chi connectivity index (χ1) is 11.3. The Bertz CT molecular complexity index is 393. The number of thioether (sulfide) groups is 1. The molecule has 3 aliphatic rings. The van der Waals surface area contributed by atoms with Gasteiger partial charge in [-0.05, 0) is 12.8 Å². The maximum Gasteiger partial charge on any atom is 0.193 e. The summed E-state index contributed by atoms with van der Waals surface area (Å²) in [5.74, 6) is 2.34. The van der Waals surface area contributed by atoms with Crippen LogP contribution in [-0.2, 0) is 4.74 Å². The van der Waals surface area contributed by atoms with Crippen molar-refractivity contribution in [2.24, 2.45) is 4.99 Å². The Hall–Kier alpha value is 0.270. The average molecular weight is 468 g/mol. The third kappa shape index (κ3) is 5.64. The number of ether oxygens (including phenoxy) is 1. The van der Waals surface area contributed by atoms with Crippen LogP contribution in [-0.4, -0.2) is 85.8 Å². The first-order valence-corrected chi connectivity index (χ1v) is 10.2. The molecule has 2 heterocycles. The molecule has 0 atom stereocenters. The summed E-state index contributed by atoms with van der Waals surface area (Å²) in [6, 6.07) is 0. The minimum absolute atomic E-state index is 0. The Morgan fingerprint density at radius 2 is 1.92 bits per heavy atom. The van der Waals surface area contributed by atoms with Crippen LogP contribution in [0.5, 0.6) is 0 Å². The Balaban J connectivity index is 0.00000208. The van der Waals surface area contributed by atoms with Crippen molar-refractivity contribution in [3.8, 4) is 0 Å². The van der Waals surface area contributed by atoms with Gasteiger partial charge in [0.1, 0.15) is 0 Å². The molecule has 3 rings (SSSR count). The standard InChI is InChI=1S/C17H32N4OS.HI/c1-18-16(19-7-8-20-9-12-22-13-10-20)21-11-14-23-17(15-21)5-3-2-4-6-17;/h2-15H2,1H3,(H,18,19);1H. The Morgan fingerprint density at radius 3 is 2.62 bits per heavy atom. The van der Waals surface area contributed by atoms with Gasteiger partial charge in [-0.2, -0.15) is 11.8 Å². The number of morpholine rings is 1. The van der Waals surface area contributed by atoms with Gasteiger partial charge in [0.15, 0.2) is 5.96 Å². The van der Waals surface area contributed by atoms with Gasteiger partial charge in [0.25, 0.3) is 0 Å². The molecule has 0 aromatic carbocycles. The Kier molecular flexibility index (Phi) is 8.94. The summed E-state index contributed by atoms with van der Waals surface area (Å²) in [7, 11) is 1.92. The molecule has 1 N–H and O–H groups in total. The maximum atomic E-state index is 5.41. The highest BCUT2D eigenvalue weighted by molar-refractivity contribution is 14.0. The van der Waals surface area contributed by atoms with Gasteiger partial charge in [-0.3, -0.25) is 9.89 Å². The van der Waals surface area contributed by atoms with Gasteiger partial charge in [0.2, 0.25) is 0 Å². The molecule has 0 bridgehead atoms. The van der Waals surface area contributed by atoms with Crippen molar-refractivity contribution in [2.75, 3.05) is 65.3 Å². The molecule has 0 amide bonds. The minimum atomic E-state index is 0. The normalized spacial score (nSPS) is 25.4. The number of aliphatic imine (C=N–C) groups is 1. The maximum absolute atomic E-state index is 5.41. The number of nitrogens with zero attached hydrogens (tertiary/aromatic N) is 3. The lowest BCUT2D eigenvalue weighted by Gasteiger charge is -2.45. The SMILES string of the molecule is CN=C(NCCN1CCOCC1)N1CCSC2(CCCCC2)C1.I. The van der Waals surface area contributed by atoms with E-state index in [1.807, 2.05) is 7.05 Å². The van der Waals surface area contributed by atoms with Crippen LogP contribution >= 0.6 is 35.7 Å². The molecule has 2 saturated heterocycles. The molecule has 0 unspecified atom stereocenters. The monoisotopic (exact) mass is 468 g/mol. The van der Waals surface area contributed by atoms with Crippen LogP contribution in [0.4, 0.5) is 0 Å². The van der Waals surface area contributed by atoms with E-state index >= 15 is 0 Å². The van der Waals surface area contributed by atoms with Gasteiger partial charge >= 0.3 is 0 Å². The first-order valence-electron chi connectivity index (χ1n) is 9.21. The predicted molar refractivity (Wildman–Crippen MR) is 114 cm³/mol. The quantitative estimate of drug-likeness (QED) is 0.391. The largest absolute Gasteiger partial charge is 0.379 e. The summed E-state index contributed by atoms with van der Waals surface area (Å²) in [6.45, 7) is 8.23. The second kappa shape index (κ2) is 10.4. The molecule has 0 radical (unpaired) electrons. The fraction of sp³-hybridized carbons (Fsp3) is 0.941. The lowest BCUT2D eigenvalue weighted by Crippen LogP contribution is -2.54. The average Bonchev–Trinajstić information content (AvgIpc) is 2.60. The Labute approximate surface area is 168 Å². The molecular formula is C17H33IN4OS. The number of halogens is 1. The zero-order valence-corrected chi connectivity index (χ0v) is 18.1. The molecule has 1 aliphatic carbocycles. The van der Waals surface area contributed by atoms with Crippen molar-refractivity contribution in [2.45, 2.75) is 36.9 Å². The molecule has 1 saturated carbocycles. The molecule has 0 aromatic heterocycles. The van der Waals surface area contributed by atoms with Crippen molar-refractivity contribution >= 4 is 41.7 Å². The van der Waals surface area contributed by atoms with Crippen molar-refractivity contribution < 1.29 is 4.74 Å². The van der Waals surface area contributed by atoms with Gasteiger partial charge in [-0.25, -0.2) is 0 Å². The summed E-state index contributed by atoms with van der Waals surface area (Å²) in [5, 5.41) is 3.59. The van der Waals surface area contributed by atoms with Gasteiger partial charge in [-0.1, -0.05) is 19.3 Å². The highest BCUT2D eigenvalue weighted by Gasteiger charge is 2.38. The fourth-order valence-corrected chi connectivity index (χ4v) is 5.58. The fourth-order valence-electron chi connectivity index (χ4n) is 4.01. The highest BCUT2D eigenvalue weighted by atomic mass is 127. The van der Waals surface area contributed by atoms with Crippen molar-refractivity contribution in [3.63, 3.8) is 0 Å². The van der Waals surface area contributed by atoms with E-state index in [0.717, 1.165) is 51.9 Å². The topological polar surface area (TPSA) is 40.1 Å². The van der Waals surface area contributed by atoms with E-state index in [1.165, 1.54) is 44.4 Å². The van der Waals surface area contributed by atoms with Gasteiger partial charge in [0.05, 0.1) is 13.2 Å². The van der Waals surface area contributed by atoms with Gasteiger partial charge in [-0.15, -0.1) is 24.0 Å². The van der Waals surface area contributed by atoms with Crippen LogP contribution in [0.25, 0.3) is 0 Å². The van der Waals surface area contributed by atoms with Crippen LogP contribution in [0.3, 0.4) is 0 Å². The van der Waals surface area contributed by atoms with E-state index in [4.69, 9.17) is 4.74 Å². The zero-order valence-electron chi connectivity index (χ0n) is 15.0. The highest BCUT2D eigenvalue weighted by Crippen LogP contribution is 2.42. The lowest BCUT2D eigenvalue weighted by molar-refractivity contribution is 0.0388. The predicted octanol–water partition coefficient (Wildman–Crippen LogP) is 2.26. The van der Waals surface area contributed by atoms with Crippen LogP contribution in [0, 0.1) is 0 Å². The second-order valence-electron chi connectivity index (χ2n) is 6.94. The van der Waals surface area contributed by atoms with E-state index in [0.29, 0.717) is 4.75 Å². The van der Waals surface area contributed by atoms with Gasteiger partial charge < -0.3 is 15.0 Å². The van der Waals surface area contributed by atoms with Crippen LogP contribution < -0.4 is 5.32 Å². The van der Waals surface area contributed by atoms with Crippen LogP contribution in [0.2, 0.25) is 0 Å². The summed E-state index contributed by atoms with van der Waals surface area (Å²) in [6.07, 6.45) is 7.01. The van der Waals surface area contributed by atoms with Crippen molar-refractivity contribution in [1.29, 1.82) is 0 Å². The van der Waals surface area contributed by atoms with Crippen LogP contribution in [0.15, 0.2) is 4.99 Å². The summed E-state index contributed by atoms with van der Waals surface area (Å²) < 4.78 is 5.91. The molecule has 24 heavy (non-hydrogen) atoms. The number of rotatable bonds is 3. The van der Waals surface area contributed by atoms with E-state index in [9.17, 15) is 0 Å². The number of nitrogens with one attached hydrogen (secondary N) is 1. The van der Waals surface area contributed by atoms with E-state index < -0.39 is 0 Å². The number of hydrogen-bond donors (Lipinski definition) is 1. The third-order valence-corrected chi connectivity index (χ3v) is 6.88. The smallest absolute Gasteiger partial charge is 0.193 e. The zero-order chi connectivity index (χ0) is 16.0. The summed E-state index contributed by atoms with van der Waals surface area (Å²) >= 11 is 2.22. The molecule has 1 spiro atoms. The summed E-state index contributed by atoms with van der Waals surface area (Å²) in [5.41, 5.74) is 0. The molecule has 3 fully saturated rings. The van der Waals surface area contributed by atoms with Crippen LogP contribution in [0.1, 0.15) is 32.1 Å². The molecule has 140 valence electrons. The molecular weight excluding hydrogens is 435 g/mol. The van der Waals surface area contributed by atoms with E-state index in [-0.39, 0.29) is 24.0 Å².